The molecule has 1 atom stereocenters. The van der Waals surface area contributed by atoms with Crippen molar-refractivity contribution in [3.63, 3.8) is 0 Å². The zero-order valence-corrected chi connectivity index (χ0v) is 14.7. The first kappa shape index (κ1) is 15.9. The number of aromatic nitrogens is 3. The summed E-state index contributed by atoms with van der Waals surface area (Å²) in [5.74, 6) is 1.87. The van der Waals surface area contributed by atoms with Crippen LogP contribution in [0.25, 0.3) is 5.65 Å². The number of hydrogen-bond acceptors (Lipinski definition) is 5. The second-order valence-corrected chi connectivity index (χ2v) is 6.89. The molecule has 0 amide bonds. The molecule has 25 heavy (non-hydrogen) atoms. The van der Waals surface area contributed by atoms with E-state index in [1.54, 1.807) is 6.20 Å². The van der Waals surface area contributed by atoms with Crippen LogP contribution in [0.15, 0.2) is 36.5 Å². The van der Waals surface area contributed by atoms with Crippen LogP contribution in [-0.4, -0.2) is 33.7 Å². The molecule has 0 unspecified atom stereocenters. The zero-order chi connectivity index (χ0) is 17.4. The molecule has 3 heterocycles. The smallest absolute Gasteiger partial charge is 0.159 e. The van der Waals surface area contributed by atoms with Crippen LogP contribution in [0.3, 0.4) is 0 Å². The zero-order valence-electron chi connectivity index (χ0n) is 14.7. The number of piperidine rings is 1. The van der Waals surface area contributed by atoms with Crippen molar-refractivity contribution in [3.8, 4) is 0 Å². The minimum Gasteiger partial charge on any atom is -0.355 e. The molecule has 0 spiro atoms. The molecule has 1 aromatic carbocycles. The Balaban J connectivity index is 1.73. The lowest BCUT2D eigenvalue weighted by Crippen LogP contribution is -2.43. The van der Waals surface area contributed by atoms with Crippen molar-refractivity contribution in [2.75, 3.05) is 23.3 Å². The average molecular weight is 336 g/mol. The summed E-state index contributed by atoms with van der Waals surface area (Å²) in [6.45, 7) is 6.06. The van der Waals surface area contributed by atoms with E-state index in [0.29, 0.717) is 0 Å². The minimum atomic E-state index is 0.215. The SMILES string of the molecule is Cc1ccc(Nc2cc(N3CCC[C@@H](N)C3)nc3ccnn23)c(C)c1. The molecule has 1 fully saturated rings. The Morgan fingerprint density at radius 2 is 2.08 bits per heavy atom. The summed E-state index contributed by atoms with van der Waals surface area (Å²) in [5, 5.41) is 7.93. The topological polar surface area (TPSA) is 71.5 Å². The number of benzene rings is 1. The highest BCUT2D eigenvalue weighted by atomic mass is 15.3. The number of anilines is 3. The minimum absolute atomic E-state index is 0.215. The second kappa shape index (κ2) is 6.37. The molecule has 4 rings (SSSR count). The van der Waals surface area contributed by atoms with Gasteiger partial charge in [0.25, 0.3) is 0 Å². The lowest BCUT2D eigenvalue weighted by atomic mass is 10.1. The van der Waals surface area contributed by atoms with Crippen molar-refractivity contribution in [1.29, 1.82) is 0 Å². The van der Waals surface area contributed by atoms with Gasteiger partial charge in [-0.15, -0.1) is 0 Å². The predicted octanol–water partition coefficient (Wildman–Crippen LogP) is 3.02. The fraction of sp³-hybridized carbons (Fsp3) is 0.368. The summed E-state index contributed by atoms with van der Waals surface area (Å²) in [6.07, 6.45) is 3.97. The van der Waals surface area contributed by atoms with Crippen molar-refractivity contribution in [2.24, 2.45) is 5.73 Å². The van der Waals surface area contributed by atoms with E-state index < -0.39 is 0 Å². The van der Waals surface area contributed by atoms with Crippen LogP contribution in [0.2, 0.25) is 0 Å². The Morgan fingerprint density at radius 3 is 2.88 bits per heavy atom. The van der Waals surface area contributed by atoms with E-state index in [1.165, 1.54) is 11.1 Å². The first-order valence-electron chi connectivity index (χ1n) is 8.80. The molecule has 0 aliphatic carbocycles. The van der Waals surface area contributed by atoms with Crippen LogP contribution in [0.1, 0.15) is 24.0 Å². The Kier molecular flexibility index (Phi) is 4.05. The number of rotatable bonds is 3. The largest absolute Gasteiger partial charge is 0.355 e. The maximum absolute atomic E-state index is 6.15. The third-order valence-corrected chi connectivity index (χ3v) is 4.77. The molecular formula is C19H24N6. The van der Waals surface area contributed by atoms with Gasteiger partial charge in [0.1, 0.15) is 11.6 Å². The Labute approximate surface area is 147 Å². The van der Waals surface area contributed by atoms with Gasteiger partial charge in [-0.1, -0.05) is 17.7 Å². The first-order valence-corrected chi connectivity index (χ1v) is 8.80. The lowest BCUT2D eigenvalue weighted by Gasteiger charge is -2.32. The van der Waals surface area contributed by atoms with Gasteiger partial charge in [0.05, 0.1) is 6.20 Å². The van der Waals surface area contributed by atoms with Crippen molar-refractivity contribution < 1.29 is 0 Å². The van der Waals surface area contributed by atoms with Crippen molar-refractivity contribution in [1.82, 2.24) is 14.6 Å². The van der Waals surface area contributed by atoms with E-state index in [1.807, 2.05) is 10.6 Å². The van der Waals surface area contributed by atoms with E-state index in [9.17, 15) is 0 Å². The van der Waals surface area contributed by atoms with Crippen LogP contribution >= 0.6 is 0 Å². The molecule has 2 aromatic heterocycles. The third kappa shape index (κ3) is 3.17. The summed E-state index contributed by atoms with van der Waals surface area (Å²) < 4.78 is 1.84. The van der Waals surface area contributed by atoms with Crippen LogP contribution < -0.4 is 16.0 Å². The second-order valence-electron chi connectivity index (χ2n) is 6.89. The summed E-state index contributed by atoms with van der Waals surface area (Å²) in [4.78, 5) is 7.04. The summed E-state index contributed by atoms with van der Waals surface area (Å²) >= 11 is 0. The number of nitrogens with two attached hydrogens (primary N) is 1. The number of hydrogen-bond donors (Lipinski definition) is 2. The molecule has 3 aromatic rings. The highest BCUT2D eigenvalue weighted by Crippen LogP contribution is 2.26. The normalized spacial score (nSPS) is 17.9. The fourth-order valence-electron chi connectivity index (χ4n) is 3.46. The molecule has 6 nitrogen and oxygen atoms in total. The highest BCUT2D eigenvalue weighted by molar-refractivity contribution is 5.66. The van der Waals surface area contributed by atoms with Gasteiger partial charge in [0.2, 0.25) is 0 Å². The van der Waals surface area contributed by atoms with E-state index in [4.69, 9.17) is 10.7 Å². The van der Waals surface area contributed by atoms with E-state index in [-0.39, 0.29) is 6.04 Å². The average Bonchev–Trinajstić information content (AvgIpc) is 3.06. The third-order valence-electron chi connectivity index (χ3n) is 4.77. The molecule has 1 aliphatic rings. The van der Waals surface area contributed by atoms with Gasteiger partial charge in [-0.2, -0.15) is 9.61 Å². The summed E-state index contributed by atoms with van der Waals surface area (Å²) in [7, 11) is 0. The van der Waals surface area contributed by atoms with Crippen LogP contribution in [0, 0.1) is 13.8 Å². The molecular weight excluding hydrogens is 312 g/mol. The number of fused-ring (bicyclic) bond motifs is 1. The molecule has 0 radical (unpaired) electrons. The van der Waals surface area contributed by atoms with E-state index >= 15 is 0 Å². The predicted molar refractivity (Wildman–Crippen MR) is 102 cm³/mol. The number of nitrogens with zero attached hydrogens (tertiary/aromatic N) is 4. The maximum atomic E-state index is 6.15. The fourth-order valence-corrected chi connectivity index (χ4v) is 3.46. The van der Waals surface area contributed by atoms with Gasteiger partial charge in [-0.3, -0.25) is 0 Å². The molecule has 3 N–H and O–H groups in total. The monoisotopic (exact) mass is 336 g/mol. The standard InChI is InChI=1S/C19H24N6/c1-13-5-6-16(14(2)10-13)22-19-11-18(23-17-7-8-21-25(17)19)24-9-3-4-15(20)12-24/h5-8,10-11,15,22H,3-4,9,12,20H2,1-2H3/t15-/m1/s1. The highest BCUT2D eigenvalue weighted by Gasteiger charge is 2.19. The Hall–Kier alpha value is -2.60. The van der Waals surface area contributed by atoms with Crippen LogP contribution in [-0.2, 0) is 0 Å². The lowest BCUT2D eigenvalue weighted by molar-refractivity contribution is 0.503. The van der Waals surface area contributed by atoms with Crippen molar-refractivity contribution in [3.05, 3.63) is 47.7 Å². The molecule has 0 bridgehead atoms. The van der Waals surface area contributed by atoms with Gasteiger partial charge < -0.3 is 16.0 Å². The summed E-state index contributed by atoms with van der Waals surface area (Å²) in [5.41, 5.74) is 10.5. The molecule has 130 valence electrons. The number of aryl methyl sites for hydroxylation is 2. The quantitative estimate of drug-likeness (QED) is 0.769. The van der Waals surface area contributed by atoms with Crippen LogP contribution in [0.4, 0.5) is 17.3 Å². The Morgan fingerprint density at radius 1 is 1.20 bits per heavy atom. The van der Waals surface area contributed by atoms with Gasteiger partial charge in [-0.05, 0) is 38.3 Å². The molecule has 1 saturated heterocycles. The van der Waals surface area contributed by atoms with E-state index in [2.05, 4.69) is 53.4 Å². The Bertz CT molecular complexity index is 900. The molecule has 6 heteroatoms. The van der Waals surface area contributed by atoms with Gasteiger partial charge in [0.15, 0.2) is 5.65 Å². The van der Waals surface area contributed by atoms with Gasteiger partial charge in [0, 0.05) is 37.0 Å². The van der Waals surface area contributed by atoms with Gasteiger partial charge in [-0.25, -0.2) is 4.98 Å². The van der Waals surface area contributed by atoms with Crippen molar-refractivity contribution in [2.45, 2.75) is 32.7 Å². The van der Waals surface area contributed by atoms with Crippen molar-refractivity contribution >= 4 is 23.0 Å². The van der Waals surface area contributed by atoms with Crippen LogP contribution in [0.5, 0.6) is 0 Å². The summed E-state index contributed by atoms with van der Waals surface area (Å²) in [6, 6.07) is 10.6. The molecule has 0 saturated carbocycles. The van der Waals surface area contributed by atoms with Gasteiger partial charge >= 0.3 is 0 Å². The maximum Gasteiger partial charge on any atom is 0.159 e. The first-order chi connectivity index (χ1) is 12.1. The molecule has 1 aliphatic heterocycles. The van der Waals surface area contributed by atoms with E-state index in [0.717, 1.165) is 48.9 Å². The number of nitrogens with one attached hydrogen (secondary N) is 1.